The second-order valence-electron chi connectivity index (χ2n) is 6.74. The fraction of sp³-hybridized carbons (Fsp3) is 0.350. The summed E-state index contributed by atoms with van der Waals surface area (Å²) in [6.07, 6.45) is 4.75. The monoisotopic (exact) mass is 351 g/mol. The summed E-state index contributed by atoms with van der Waals surface area (Å²) in [5, 5.41) is 3.15. The van der Waals surface area contributed by atoms with E-state index in [0.717, 1.165) is 35.0 Å². The maximum absolute atomic E-state index is 13.0. The van der Waals surface area contributed by atoms with Crippen molar-refractivity contribution in [3.05, 3.63) is 59.7 Å². The van der Waals surface area contributed by atoms with Crippen LogP contribution in [0.1, 0.15) is 42.7 Å². The van der Waals surface area contributed by atoms with Gasteiger partial charge in [0, 0.05) is 6.54 Å². The van der Waals surface area contributed by atoms with E-state index in [9.17, 15) is 4.79 Å². The fourth-order valence-corrected chi connectivity index (χ4v) is 4.34. The van der Waals surface area contributed by atoms with E-state index >= 15 is 0 Å². The minimum atomic E-state index is -0.0478. The predicted octanol–water partition coefficient (Wildman–Crippen LogP) is 4.28. The molecule has 0 spiro atoms. The number of fused-ring (bicyclic) bond motifs is 1. The molecular formula is C20H21N3OS. The van der Waals surface area contributed by atoms with Crippen molar-refractivity contribution in [1.82, 2.24) is 14.1 Å². The molecule has 2 aromatic carbocycles. The van der Waals surface area contributed by atoms with Crippen molar-refractivity contribution in [1.29, 1.82) is 0 Å². The van der Waals surface area contributed by atoms with Gasteiger partial charge in [-0.2, -0.15) is 8.75 Å². The van der Waals surface area contributed by atoms with Crippen LogP contribution in [-0.4, -0.2) is 14.7 Å². The van der Waals surface area contributed by atoms with E-state index in [4.69, 9.17) is 0 Å². The predicted molar refractivity (Wildman–Crippen MR) is 100 cm³/mol. The van der Waals surface area contributed by atoms with Gasteiger partial charge in [0.25, 0.3) is 0 Å². The molecule has 3 aromatic rings. The van der Waals surface area contributed by atoms with Crippen LogP contribution in [0.3, 0.4) is 0 Å². The van der Waals surface area contributed by atoms with Gasteiger partial charge in [-0.3, -0.25) is 4.79 Å². The molecule has 0 radical (unpaired) electrons. The smallest absolute Gasteiger partial charge is 0.228 e. The minimum Gasteiger partial charge on any atom is -0.351 e. The lowest BCUT2D eigenvalue weighted by molar-refractivity contribution is -0.123. The number of hydrogen-bond donors (Lipinski definition) is 1. The molecule has 1 aliphatic rings. The fourth-order valence-electron chi connectivity index (χ4n) is 3.83. The van der Waals surface area contributed by atoms with Gasteiger partial charge in [0.15, 0.2) is 0 Å². The molecular weight excluding hydrogens is 330 g/mol. The van der Waals surface area contributed by atoms with Crippen LogP contribution >= 0.6 is 11.7 Å². The van der Waals surface area contributed by atoms with Gasteiger partial charge in [0.2, 0.25) is 5.91 Å². The largest absolute Gasteiger partial charge is 0.351 e. The van der Waals surface area contributed by atoms with Crippen LogP contribution in [0.4, 0.5) is 0 Å². The number of benzene rings is 2. The summed E-state index contributed by atoms with van der Waals surface area (Å²) in [5.74, 6) is 0.538. The Morgan fingerprint density at radius 1 is 1.08 bits per heavy atom. The Balaban J connectivity index is 1.50. The standard InChI is InChI=1S/C20H21N3OS/c24-20(21-13-14-10-11-17-18(12-14)23-25-22-17)19(16-8-4-5-9-16)15-6-2-1-3-7-15/h1-3,6-7,10-12,16,19H,4-5,8-9,13H2,(H,21,24). The number of nitrogens with one attached hydrogen (secondary N) is 1. The van der Waals surface area contributed by atoms with Gasteiger partial charge in [-0.25, -0.2) is 0 Å². The maximum Gasteiger partial charge on any atom is 0.228 e. The molecule has 1 aromatic heterocycles. The molecule has 25 heavy (non-hydrogen) atoms. The topological polar surface area (TPSA) is 54.9 Å². The normalized spacial score (nSPS) is 16.2. The van der Waals surface area contributed by atoms with Crippen LogP contribution in [0.5, 0.6) is 0 Å². The molecule has 4 nitrogen and oxygen atoms in total. The second-order valence-corrected chi connectivity index (χ2v) is 7.27. The SMILES string of the molecule is O=C(NCc1ccc2nsnc2c1)C(c1ccccc1)C1CCCC1. The highest BCUT2D eigenvalue weighted by Gasteiger charge is 2.31. The molecule has 4 rings (SSSR count). The Kier molecular flexibility index (Phi) is 4.74. The maximum atomic E-state index is 13.0. The third-order valence-corrected chi connectivity index (χ3v) is 5.65. The minimum absolute atomic E-state index is 0.0478. The highest BCUT2D eigenvalue weighted by atomic mass is 32.1. The first-order valence-electron chi connectivity index (χ1n) is 8.85. The molecule has 5 heteroatoms. The molecule has 0 aliphatic heterocycles. The zero-order chi connectivity index (χ0) is 17.1. The third-order valence-electron chi connectivity index (χ3n) is 5.10. The number of carbonyl (C=O) groups excluding carboxylic acids is 1. The van der Waals surface area contributed by atoms with E-state index < -0.39 is 0 Å². The van der Waals surface area contributed by atoms with Crippen molar-refractivity contribution in [3.8, 4) is 0 Å². The molecule has 0 bridgehead atoms. The summed E-state index contributed by atoms with van der Waals surface area (Å²) in [5.41, 5.74) is 4.00. The van der Waals surface area contributed by atoms with Crippen LogP contribution in [-0.2, 0) is 11.3 Å². The average Bonchev–Trinajstić information content (AvgIpc) is 3.32. The van der Waals surface area contributed by atoms with E-state index in [1.165, 1.54) is 24.6 Å². The Labute approximate surface area is 151 Å². The van der Waals surface area contributed by atoms with Gasteiger partial charge < -0.3 is 5.32 Å². The molecule has 1 saturated carbocycles. The highest BCUT2D eigenvalue weighted by molar-refractivity contribution is 7.00. The van der Waals surface area contributed by atoms with Crippen molar-refractivity contribution in [2.45, 2.75) is 38.1 Å². The van der Waals surface area contributed by atoms with Gasteiger partial charge >= 0.3 is 0 Å². The van der Waals surface area contributed by atoms with Crippen LogP contribution in [0.2, 0.25) is 0 Å². The van der Waals surface area contributed by atoms with Gasteiger partial charge in [-0.15, -0.1) is 0 Å². The lowest BCUT2D eigenvalue weighted by atomic mass is 9.84. The van der Waals surface area contributed by atoms with Gasteiger partial charge in [0.1, 0.15) is 11.0 Å². The van der Waals surface area contributed by atoms with Crippen molar-refractivity contribution >= 4 is 28.7 Å². The molecule has 1 heterocycles. The summed E-state index contributed by atoms with van der Waals surface area (Å²) in [7, 11) is 0. The number of hydrogen-bond acceptors (Lipinski definition) is 4. The van der Waals surface area contributed by atoms with E-state index in [2.05, 4.69) is 26.2 Å². The van der Waals surface area contributed by atoms with E-state index in [1.807, 2.05) is 36.4 Å². The Morgan fingerprint density at radius 3 is 2.64 bits per heavy atom. The molecule has 1 atom stereocenters. The number of rotatable bonds is 5. The molecule has 1 fully saturated rings. The van der Waals surface area contributed by atoms with E-state index in [-0.39, 0.29) is 11.8 Å². The van der Waals surface area contributed by atoms with E-state index in [1.54, 1.807) is 0 Å². The van der Waals surface area contributed by atoms with Crippen molar-refractivity contribution in [3.63, 3.8) is 0 Å². The van der Waals surface area contributed by atoms with Crippen LogP contribution in [0.25, 0.3) is 11.0 Å². The highest BCUT2D eigenvalue weighted by Crippen LogP contribution is 2.37. The van der Waals surface area contributed by atoms with Crippen LogP contribution in [0, 0.1) is 5.92 Å². The van der Waals surface area contributed by atoms with Crippen LogP contribution < -0.4 is 5.32 Å². The zero-order valence-corrected chi connectivity index (χ0v) is 14.8. The number of aromatic nitrogens is 2. The molecule has 0 saturated heterocycles. The second kappa shape index (κ2) is 7.31. The molecule has 128 valence electrons. The molecule has 1 unspecified atom stereocenters. The van der Waals surface area contributed by atoms with Gasteiger partial charge in [0.05, 0.1) is 17.6 Å². The first-order chi connectivity index (χ1) is 12.3. The summed E-state index contributed by atoms with van der Waals surface area (Å²) in [6.45, 7) is 0.530. The lowest BCUT2D eigenvalue weighted by Gasteiger charge is -2.23. The van der Waals surface area contributed by atoms with Crippen molar-refractivity contribution in [2.24, 2.45) is 5.92 Å². The Hall–Kier alpha value is -2.27. The first kappa shape index (κ1) is 16.2. The average molecular weight is 351 g/mol. The summed E-state index contributed by atoms with van der Waals surface area (Å²) in [4.78, 5) is 13.0. The molecule has 1 amide bonds. The Bertz CT molecular complexity index is 856. The first-order valence-corrected chi connectivity index (χ1v) is 9.58. The molecule has 1 N–H and O–H groups in total. The van der Waals surface area contributed by atoms with Gasteiger partial charge in [-0.05, 0) is 42.0 Å². The Morgan fingerprint density at radius 2 is 1.84 bits per heavy atom. The number of carbonyl (C=O) groups is 1. The van der Waals surface area contributed by atoms with Crippen LogP contribution in [0.15, 0.2) is 48.5 Å². The van der Waals surface area contributed by atoms with Gasteiger partial charge in [-0.1, -0.05) is 49.2 Å². The van der Waals surface area contributed by atoms with E-state index in [0.29, 0.717) is 12.5 Å². The summed E-state index contributed by atoms with van der Waals surface area (Å²) >= 11 is 1.22. The summed E-state index contributed by atoms with van der Waals surface area (Å²) in [6, 6.07) is 16.2. The quantitative estimate of drug-likeness (QED) is 0.746. The number of nitrogens with zero attached hydrogens (tertiary/aromatic N) is 2. The summed E-state index contributed by atoms with van der Waals surface area (Å²) < 4.78 is 8.49. The zero-order valence-electron chi connectivity index (χ0n) is 14.0. The van der Waals surface area contributed by atoms with Crippen molar-refractivity contribution in [2.75, 3.05) is 0 Å². The van der Waals surface area contributed by atoms with Crippen molar-refractivity contribution < 1.29 is 4.79 Å². The molecule has 1 aliphatic carbocycles. The third kappa shape index (κ3) is 3.56. The number of amides is 1. The lowest BCUT2D eigenvalue weighted by Crippen LogP contribution is -2.32.